The molecule has 1 aromatic rings. The Balaban J connectivity index is 1.90. The van der Waals surface area contributed by atoms with Crippen LogP contribution in [0.4, 0.5) is 0 Å². The van der Waals surface area contributed by atoms with Gasteiger partial charge < -0.3 is 9.84 Å². The zero-order valence-electron chi connectivity index (χ0n) is 11.1. The van der Waals surface area contributed by atoms with Crippen molar-refractivity contribution in [3.8, 4) is 0 Å². The minimum atomic E-state index is -0.818. The van der Waals surface area contributed by atoms with Crippen molar-refractivity contribution in [1.29, 1.82) is 0 Å². The molecule has 2 atom stereocenters. The number of aromatic nitrogens is 3. The molecule has 0 aromatic carbocycles. The van der Waals surface area contributed by atoms with E-state index < -0.39 is 11.4 Å². The maximum atomic E-state index is 11.9. The molecule has 1 aliphatic carbocycles. The van der Waals surface area contributed by atoms with E-state index in [2.05, 4.69) is 10.1 Å². The molecule has 6 heteroatoms. The van der Waals surface area contributed by atoms with Gasteiger partial charge in [0.1, 0.15) is 17.6 Å². The first-order valence-corrected chi connectivity index (χ1v) is 6.89. The third-order valence-electron chi connectivity index (χ3n) is 4.34. The van der Waals surface area contributed by atoms with Crippen LogP contribution in [0.3, 0.4) is 0 Å². The molecule has 0 bridgehead atoms. The van der Waals surface area contributed by atoms with Gasteiger partial charge in [-0.25, -0.2) is 4.98 Å². The van der Waals surface area contributed by atoms with Crippen molar-refractivity contribution in [2.24, 2.45) is 11.3 Å². The van der Waals surface area contributed by atoms with Gasteiger partial charge in [-0.05, 0) is 32.1 Å². The number of hydrogen-bond donors (Lipinski definition) is 1. The Morgan fingerprint density at radius 2 is 2.42 bits per heavy atom. The number of ether oxygens (including phenoxy) is 1. The largest absolute Gasteiger partial charge is 0.481 e. The number of nitrogens with zero attached hydrogens (tertiary/aromatic N) is 3. The lowest BCUT2D eigenvalue weighted by atomic mass is 9.76. The number of aliphatic carboxylic acids is 1. The van der Waals surface area contributed by atoms with E-state index in [4.69, 9.17) is 4.74 Å². The van der Waals surface area contributed by atoms with Gasteiger partial charge in [-0.1, -0.05) is 0 Å². The maximum Gasteiger partial charge on any atom is 0.312 e. The first-order valence-electron chi connectivity index (χ1n) is 6.89. The topological polar surface area (TPSA) is 77.2 Å². The lowest BCUT2D eigenvalue weighted by Gasteiger charge is -2.29. The average Bonchev–Trinajstić information content (AvgIpc) is 2.99. The summed E-state index contributed by atoms with van der Waals surface area (Å²) in [6.07, 6.45) is 4.49. The van der Waals surface area contributed by atoms with Gasteiger partial charge in [0.15, 0.2) is 0 Å². The van der Waals surface area contributed by atoms with Gasteiger partial charge in [-0.15, -0.1) is 0 Å². The monoisotopic (exact) mass is 265 g/mol. The van der Waals surface area contributed by atoms with Crippen LogP contribution in [0.2, 0.25) is 0 Å². The summed E-state index contributed by atoms with van der Waals surface area (Å²) >= 11 is 0. The highest BCUT2D eigenvalue weighted by Crippen LogP contribution is 2.49. The minimum Gasteiger partial charge on any atom is -0.481 e. The van der Waals surface area contributed by atoms with E-state index in [0.29, 0.717) is 31.9 Å². The van der Waals surface area contributed by atoms with Gasteiger partial charge in [0.25, 0.3) is 0 Å². The standard InChI is InChI=1S/C13H19N3O3/c1-2-16-10(14-8-15-16)7-13(12(17)18)5-6-19-11(13)9-3-4-9/h8-9,11H,2-7H2,1H3,(H,17,18). The molecule has 0 radical (unpaired) electrons. The predicted octanol–water partition coefficient (Wildman–Crippen LogP) is 1.11. The quantitative estimate of drug-likeness (QED) is 0.863. The van der Waals surface area contributed by atoms with Crippen molar-refractivity contribution >= 4 is 5.97 Å². The summed E-state index contributed by atoms with van der Waals surface area (Å²) in [5, 5.41) is 13.9. The SMILES string of the molecule is CCn1ncnc1CC1(C(=O)O)CCOC1C1CC1. The Morgan fingerprint density at radius 3 is 3.05 bits per heavy atom. The zero-order chi connectivity index (χ0) is 13.5. The van der Waals surface area contributed by atoms with Crippen LogP contribution in [-0.2, 0) is 22.5 Å². The molecule has 1 aliphatic heterocycles. The second-order valence-corrected chi connectivity index (χ2v) is 5.51. The van der Waals surface area contributed by atoms with Gasteiger partial charge in [0.05, 0.1) is 6.10 Å². The molecule has 2 unspecified atom stereocenters. The fourth-order valence-corrected chi connectivity index (χ4v) is 3.12. The molecular weight excluding hydrogens is 246 g/mol. The van der Waals surface area contributed by atoms with E-state index in [1.165, 1.54) is 6.33 Å². The summed E-state index contributed by atoms with van der Waals surface area (Å²) in [7, 11) is 0. The lowest BCUT2D eigenvalue weighted by molar-refractivity contribution is -0.153. The maximum absolute atomic E-state index is 11.9. The van der Waals surface area contributed by atoms with E-state index >= 15 is 0 Å². The highest BCUT2D eigenvalue weighted by molar-refractivity contribution is 5.76. The van der Waals surface area contributed by atoms with E-state index in [-0.39, 0.29) is 6.10 Å². The van der Waals surface area contributed by atoms with Crippen molar-refractivity contribution < 1.29 is 14.6 Å². The molecule has 3 rings (SSSR count). The van der Waals surface area contributed by atoms with E-state index in [0.717, 1.165) is 18.7 Å². The highest BCUT2D eigenvalue weighted by atomic mass is 16.5. The molecule has 2 heterocycles. The first-order chi connectivity index (χ1) is 9.17. The molecule has 2 aliphatic rings. The Morgan fingerprint density at radius 1 is 1.63 bits per heavy atom. The highest BCUT2D eigenvalue weighted by Gasteiger charge is 2.56. The molecular formula is C13H19N3O3. The number of carboxylic acid groups (broad SMARTS) is 1. The number of hydrogen-bond acceptors (Lipinski definition) is 4. The Kier molecular flexibility index (Phi) is 3.05. The van der Waals surface area contributed by atoms with Crippen LogP contribution in [0, 0.1) is 11.3 Å². The molecule has 0 amide bonds. The molecule has 0 spiro atoms. The molecule has 104 valence electrons. The van der Waals surface area contributed by atoms with Gasteiger partial charge in [-0.2, -0.15) is 5.10 Å². The van der Waals surface area contributed by atoms with Crippen molar-refractivity contribution in [1.82, 2.24) is 14.8 Å². The normalized spacial score (nSPS) is 30.7. The second-order valence-electron chi connectivity index (χ2n) is 5.51. The van der Waals surface area contributed by atoms with Crippen LogP contribution in [0.1, 0.15) is 32.0 Å². The van der Waals surface area contributed by atoms with Crippen LogP contribution >= 0.6 is 0 Å². The number of carboxylic acids is 1. The van der Waals surface area contributed by atoms with Crippen LogP contribution in [-0.4, -0.2) is 38.6 Å². The zero-order valence-corrected chi connectivity index (χ0v) is 11.1. The molecule has 1 saturated carbocycles. The first kappa shape index (κ1) is 12.6. The fourth-order valence-electron chi connectivity index (χ4n) is 3.12. The third kappa shape index (κ3) is 2.04. The third-order valence-corrected chi connectivity index (χ3v) is 4.34. The van der Waals surface area contributed by atoms with Crippen LogP contribution < -0.4 is 0 Å². The Hall–Kier alpha value is -1.43. The van der Waals surface area contributed by atoms with E-state index in [9.17, 15) is 9.90 Å². The van der Waals surface area contributed by atoms with Crippen molar-refractivity contribution in [3.63, 3.8) is 0 Å². The summed E-state index contributed by atoms with van der Waals surface area (Å²) < 4.78 is 7.51. The summed E-state index contributed by atoms with van der Waals surface area (Å²) in [6.45, 7) is 3.23. The fraction of sp³-hybridized carbons (Fsp3) is 0.769. The molecule has 1 aromatic heterocycles. The number of rotatable bonds is 5. The molecule has 6 nitrogen and oxygen atoms in total. The van der Waals surface area contributed by atoms with Gasteiger partial charge in [-0.3, -0.25) is 9.48 Å². The Labute approximate surface area is 111 Å². The molecule has 1 saturated heterocycles. The van der Waals surface area contributed by atoms with Crippen LogP contribution in [0.5, 0.6) is 0 Å². The lowest BCUT2D eigenvalue weighted by Crippen LogP contribution is -2.43. The van der Waals surface area contributed by atoms with Crippen molar-refractivity contribution in [2.45, 2.75) is 45.3 Å². The molecule has 1 N–H and O–H groups in total. The van der Waals surface area contributed by atoms with E-state index in [1.807, 2.05) is 6.92 Å². The summed E-state index contributed by atoms with van der Waals surface area (Å²) in [4.78, 5) is 16.1. The predicted molar refractivity (Wildman–Crippen MR) is 66.5 cm³/mol. The summed E-state index contributed by atoms with van der Waals surface area (Å²) in [6, 6.07) is 0. The number of aryl methyl sites for hydroxylation is 1. The van der Waals surface area contributed by atoms with E-state index in [1.54, 1.807) is 4.68 Å². The minimum absolute atomic E-state index is 0.160. The molecule has 2 fully saturated rings. The Bertz CT molecular complexity index is 483. The van der Waals surface area contributed by atoms with Gasteiger partial charge >= 0.3 is 5.97 Å². The van der Waals surface area contributed by atoms with Crippen LogP contribution in [0.15, 0.2) is 6.33 Å². The summed E-state index contributed by atoms with van der Waals surface area (Å²) in [5.74, 6) is 0.408. The number of carbonyl (C=O) groups is 1. The van der Waals surface area contributed by atoms with Crippen LogP contribution in [0.25, 0.3) is 0 Å². The average molecular weight is 265 g/mol. The molecule has 19 heavy (non-hydrogen) atoms. The van der Waals surface area contributed by atoms with Gasteiger partial charge in [0.2, 0.25) is 0 Å². The van der Waals surface area contributed by atoms with Gasteiger partial charge in [0, 0.05) is 19.6 Å². The smallest absolute Gasteiger partial charge is 0.312 e. The van der Waals surface area contributed by atoms with Crippen molar-refractivity contribution in [3.05, 3.63) is 12.2 Å². The second kappa shape index (κ2) is 4.59. The van der Waals surface area contributed by atoms with Crippen molar-refractivity contribution in [2.75, 3.05) is 6.61 Å². The summed E-state index contributed by atoms with van der Waals surface area (Å²) in [5.41, 5.74) is -0.818.